The third kappa shape index (κ3) is 3.42. The molecule has 0 aromatic heterocycles. The van der Waals surface area contributed by atoms with Crippen LogP contribution in [0.1, 0.15) is 26.3 Å². The lowest BCUT2D eigenvalue weighted by atomic mass is 10.1. The summed E-state index contributed by atoms with van der Waals surface area (Å²) in [4.78, 5) is 23.5. The van der Waals surface area contributed by atoms with Crippen LogP contribution < -0.4 is 10.8 Å². The third-order valence-corrected chi connectivity index (χ3v) is 3.78. The number of rotatable bonds is 4. The van der Waals surface area contributed by atoms with Crippen LogP contribution >= 0.6 is 0 Å². The van der Waals surface area contributed by atoms with Crippen molar-refractivity contribution in [1.82, 2.24) is 10.8 Å². The highest BCUT2D eigenvalue weighted by Gasteiger charge is 2.07. The molecule has 5 heteroatoms. The van der Waals surface area contributed by atoms with Crippen molar-refractivity contribution in [3.8, 4) is 0 Å². The standard InChI is InChI=1S/C19H16N2O3/c22-18(17-10-9-14-3-1-2-4-16(14)11-17)20-12-13-5-7-15(8-6-13)19(23)21-24/h1-11,24H,12H2,(H,20,22)(H,21,23). The van der Waals surface area contributed by atoms with Crippen molar-refractivity contribution in [2.24, 2.45) is 0 Å². The van der Waals surface area contributed by atoms with E-state index in [4.69, 9.17) is 5.21 Å². The van der Waals surface area contributed by atoms with Crippen LogP contribution in [0.2, 0.25) is 0 Å². The zero-order valence-electron chi connectivity index (χ0n) is 12.8. The molecule has 0 saturated carbocycles. The number of hydrogen-bond donors (Lipinski definition) is 3. The molecule has 0 aliphatic rings. The van der Waals surface area contributed by atoms with Gasteiger partial charge in [0, 0.05) is 17.7 Å². The molecule has 0 aliphatic carbocycles. The number of carbonyl (C=O) groups excluding carboxylic acids is 2. The van der Waals surface area contributed by atoms with E-state index in [1.54, 1.807) is 35.8 Å². The number of amides is 2. The molecule has 0 radical (unpaired) electrons. The van der Waals surface area contributed by atoms with Crippen LogP contribution in [-0.2, 0) is 6.54 Å². The van der Waals surface area contributed by atoms with Gasteiger partial charge in [-0.1, -0.05) is 42.5 Å². The minimum Gasteiger partial charge on any atom is -0.348 e. The Kier molecular flexibility index (Phi) is 4.54. The Balaban J connectivity index is 1.67. The second kappa shape index (κ2) is 6.93. The number of hydrogen-bond acceptors (Lipinski definition) is 3. The number of carbonyl (C=O) groups is 2. The SMILES string of the molecule is O=C(NO)c1ccc(CNC(=O)c2ccc3ccccc3c2)cc1. The lowest BCUT2D eigenvalue weighted by molar-refractivity contribution is 0.0706. The minimum atomic E-state index is -0.568. The van der Waals surface area contributed by atoms with Gasteiger partial charge < -0.3 is 5.32 Å². The summed E-state index contributed by atoms with van der Waals surface area (Å²) >= 11 is 0. The van der Waals surface area contributed by atoms with Crippen LogP contribution in [0.3, 0.4) is 0 Å². The highest BCUT2D eigenvalue weighted by molar-refractivity contribution is 5.98. The van der Waals surface area contributed by atoms with Crippen LogP contribution in [-0.4, -0.2) is 17.0 Å². The molecule has 0 unspecified atom stereocenters. The summed E-state index contributed by atoms with van der Waals surface area (Å²) in [5, 5.41) is 13.5. The molecule has 3 aromatic rings. The predicted octanol–water partition coefficient (Wildman–Crippen LogP) is 2.89. The predicted molar refractivity (Wildman–Crippen MR) is 90.8 cm³/mol. The first kappa shape index (κ1) is 15.7. The highest BCUT2D eigenvalue weighted by Crippen LogP contribution is 2.15. The van der Waals surface area contributed by atoms with Crippen molar-refractivity contribution in [2.75, 3.05) is 0 Å². The monoisotopic (exact) mass is 320 g/mol. The first-order chi connectivity index (χ1) is 11.7. The zero-order chi connectivity index (χ0) is 16.9. The molecule has 3 rings (SSSR count). The molecule has 5 nitrogen and oxygen atoms in total. The van der Waals surface area contributed by atoms with E-state index in [-0.39, 0.29) is 5.91 Å². The summed E-state index contributed by atoms with van der Waals surface area (Å²) in [6, 6.07) is 20.1. The van der Waals surface area contributed by atoms with Gasteiger partial charge in [-0.05, 0) is 40.6 Å². The average molecular weight is 320 g/mol. The van der Waals surface area contributed by atoms with E-state index in [9.17, 15) is 9.59 Å². The average Bonchev–Trinajstić information content (AvgIpc) is 2.65. The fourth-order valence-corrected chi connectivity index (χ4v) is 2.45. The Labute approximate surface area is 138 Å². The normalized spacial score (nSPS) is 10.4. The minimum absolute atomic E-state index is 0.155. The van der Waals surface area contributed by atoms with Gasteiger partial charge in [-0.2, -0.15) is 0 Å². The zero-order valence-corrected chi connectivity index (χ0v) is 12.8. The fraction of sp³-hybridized carbons (Fsp3) is 0.0526. The number of benzene rings is 3. The second-order valence-electron chi connectivity index (χ2n) is 5.38. The van der Waals surface area contributed by atoms with Gasteiger partial charge >= 0.3 is 0 Å². The van der Waals surface area contributed by atoms with E-state index >= 15 is 0 Å². The molecule has 3 N–H and O–H groups in total. The maximum Gasteiger partial charge on any atom is 0.274 e. The van der Waals surface area contributed by atoms with Gasteiger partial charge in [0.05, 0.1) is 0 Å². The first-order valence-electron chi connectivity index (χ1n) is 7.48. The molecule has 3 aromatic carbocycles. The van der Waals surface area contributed by atoms with Crippen molar-refractivity contribution in [3.63, 3.8) is 0 Å². The molecule has 0 atom stereocenters. The van der Waals surface area contributed by atoms with Crippen molar-refractivity contribution in [1.29, 1.82) is 0 Å². The molecule has 24 heavy (non-hydrogen) atoms. The van der Waals surface area contributed by atoms with Crippen LogP contribution in [0.15, 0.2) is 66.7 Å². The van der Waals surface area contributed by atoms with Gasteiger partial charge in [0.15, 0.2) is 0 Å². The second-order valence-corrected chi connectivity index (χ2v) is 5.38. The molecule has 0 heterocycles. The Hall–Kier alpha value is -3.18. The molecule has 2 amide bonds. The molecule has 0 saturated heterocycles. The van der Waals surface area contributed by atoms with Gasteiger partial charge in [0.2, 0.25) is 0 Å². The summed E-state index contributed by atoms with van der Waals surface area (Å²) in [5.41, 5.74) is 3.39. The van der Waals surface area contributed by atoms with Crippen molar-refractivity contribution in [3.05, 3.63) is 83.4 Å². The van der Waals surface area contributed by atoms with Gasteiger partial charge in [0.1, 0.15) is 0 Å². The highest BCUT2D eigenvalue weighted by atomic mass is 16.5. The topological polar surface area (TPSA) is 78.4 Å². The van der Waals surface area contributed by atoms with E-state index in [1.807, 2.05) is 36.4 Å². The fourth-order valence-electron chi connectivity index (χ4n) is 2.45. The van der Waals surface area contributed by atoms with Gasteiger partial charge in [-0.15, -0.1) is 0 Å². The number of hydroxylamine groups is 1. The maximum absolute atomic E-state index is 12.3. The molecule has 0 spiro atoms. The van der Waals surface area contributed by atoms with E-state index < -0.39 is 5.91 Å². The summed E-state index contributed by atoms with van der Waals surface area (Å²) in [6.45, 7) is 0.354. The third-order valence-electron chi connectivity index (χ3n) is 3.78. The summed E-state index contributed by atoms with van der Waals surface area (Å²) in [6.07, 6.45) is 0. The summed E-state index contributed by atoms with van der Waals surface area (Å²) < 4.78 is 0. The van der Waals surface area contributed by atoms with Crippen LogP contribution in [0.5, 0.6) is 0 Å². The lowest BCUT2D eigenvalue weighted by Crippen LogP contribution is -2.23. The van der Waals surface area contributed by atoms with Crippen molar-refractivity contribution < 1.29 is 14.8 Å². The van der Waals surface area contributed by atoms with Crippen molar-refractivity contribution >= 4 is 22.6 Å². The number of nitrogens with one attached hydrogen (secondary N) is 2. The molecule has 0 bridgehead atoms. The Bertz CT molecular complexity index is 889. The summed E-state index contributed by atoms with van der Waals surface area (Å²) in [5.74, 6) is -0.723. The van der Waals surface area contributed by atoms with E-state index in [1.165, 1.54) is 0 Å². The van der Waals surface area contributed by atoms with E-state index in [2.05, 4.69) is 5.32 Å². The van der Waals surface area contributed by atoms with E-state index in [0.29, 0.717) is 17.7 Å². The molecule has 120 valence electrons. The quantitative estimate of drug-likeness (QED) is 0.511. The molecule has 0 fully saturated rings. The van der Waals surface area contributed by atoms with Gasteiger partial charge in [0.25, 0.3) is 11.8 Å². The Morgan fingerprint density at radius 2 is 1.46 bits per heavy atom. The smallest absolute Gasteiger partial charge is 0.274 e. The Morgan fingerprint density at radius 1 is 0.792 bits per heavy atom. The summed E-state index contributed by atoms with van der Waals surface area (Å²) in [7, 11) is 0. The van der Waals surface area contributed by atoms with Crippen LogP contribution in [0.4, 0.5) is 0 Å². The van der Waals surface area contributed by atoms with E-state index in [0.717, 1.165) is 16.3 Å². The Morgan fingerprint density at radius 3 is 2.17 bits per heavy atom. The maximum atomic E-state index is 12.3. The van der Waals surface area contributed by atoms with Crippen LogP contribution in [0.25, 0.3) is 10.8 Å². The molecular formula is C19H16N2O3. The van der Waals surface area contributed by atoms with Crippen LogP contribution in [0, 0.1) is 0 Å². The van der Waals surface area contributed by atoms with Gasteiger partial charge in [-0.25, -0.2) is 5.48 Å². The first-order valence-corrected chi connectivity index (χ1v) is 7.48. The molecule has 0 aliphatic heterocycles. The molecular weight excluding hydrogens is 304 g/mol. The van der Waals surface area contributed by atoms with Gasteiger partial charge in [-0.3, -0.25) is 14.8 Å². The number of fused-ring (bicyclic) bond motifs is 1. The van der Waals surface area contributed by atoms with Crippen molar-refractivity contribution in [2.45, 2.75) is 6.54 Å². The largest absolute Gasteiger partial charge is 0.348 e. The lowest BCUT2D eigenvalue weighted by Gasteiger charge is -2.07.